The second kappa shape index (κ2) is 5.22. The molecule has 0 aromatic heterocycles. The van der Waals surface area contributed by atoms with Crippen molar-refractivity contribution in [3.63, 3.8) is 0 Å². The molecule has 3 heteroatoms. The molecule has 0 unspecified atom stereocenters. The first-order valence-electron chi connectivity index (χ1n) is 9.33. The van der Waals surface area contributed by atoms with Crippen LogP contribution in [0.1, 0.15) is 38.8 Å². The van der Waals surface area contributed by atoms with Gasteiger partial charge in [-0.2, -0.15) is 0 Å². The third-order valence-electron chi connectivity index (χ3n) is 5.87. The highest BCUT2D eigenvalue weighted by molar-refractivity contribution is 6.62. The zero-order valence-corrected chi connectivity index (χ0v) is 15.8. The summed E-state index contributed by atoms with van der Waals surface area (Å²) in [6, 6.07) is 19.9. The van der Waals surface area contributed by atoms with Crippen LogP contribution in [0.4, 0.5) is 0 Å². The van der Waals surface area contributed by atoms with Gasteiger partial charge in [0.05, 0.1) is 12.2 Å². The minimum atomic E-state index is -0.272. The maximum absolute atomic E-state index is 6.09. The molecule has 0 spiro atoms. The minimum absolute atomic E-state index is 0.0289. The Kier molecular flexibility index (Phi) is 3.23. The van der Waals surface area contributed by atoms with Gasteiger partial charge in [0.2, 0.25) is 0 Å². The molecule has 0 N–H and O–H groups in total. The molecule has 1 fully saturated rings. The van der Waals surface area contributed by atoms with Gasteiger partial charge in [-0.1, -0.05) is 68.4 Å². The van der Waals surface area contributed by atoms with Gasteiger partial charge in [-0.15, -0.1) is 0 Å². The average Bonchev–Trinajstić information content (AvgIpc) is 3.10. The normalized spacial score (nSPS) is 19.6. The van der Waals surface area contributed by atoms with E-state index in [0.717, 1.165) is 5.46 Å². The molecule has 3 aromatic carbocycles. The number of fused-ring (bicyclic) bond motifs is 5. The molecule has 2 aliphatic rings. The van der Waals surface area contributed by atoms with Crippen molar-refractivity contribution in [2.45, 2.75) is 38.7 Å². The Morgan fingerprint density at radius 2 is 1.69 bits per heavy atom. The zero-order valence-electron chi connectivity index (χ0n) is 15.8. The van der Waals surface area contributed by atoms with Crippen molar-refractivity contribution in [2.75, 3.05) is 6.61 Å². The number of benzene rings is 3. The summed E-state index contributed by atoms with van der Waals surface area (Å²) >= 11 is 0. The Balaban J connectivity index is 1.69. The van der Waals surface area contributed by atoms with E-state index in [2.05, 4.69) is 82.3 Å². The predicted octanol–water partition coefficient (Wildman–Crippen LogP) is 4.67. The summed E-state index contributed by atoms with van der Waals surface area (Å²) in [5.41, 5.74) is 6.33. The van der Waals surface area contributed by atoms with Gasteiger partial charge in [-0.3, -0.25) is 0 Å². The quantitative estimate of drug-likeness (QED) is 0.599. The smallest absolute Gasteiger partial charge is 0.404 e. The summed E-state index contributed by atoms with van der Waals surface area (Å²) in [4.78, 5) is 0. The van der Waals surface area contributed by atoms with Crippen molar-refractivity contribution in [3.8, 4) is 11.1 Å². The van der Waals surface area contributed by atoms with Gasteiger partial charge in [-0.05, 0) is 52.3 Å². The van der Waals surface area contributed by atoms with Crippen molar-refractivity contribution in [2.24, 2.45) is 0 Å². The van der Waals surface area contributed by atoms with E-state index >= 15 is 0 Å². The summed E-state index contributed by atoms with van der Waals surface area (Å²) in [7, 11) is -0.272. The van der Waals surface area contributed by atoms with E-state index in [1.54, 1.807) is 0 Å². The van der Waals surface area contributed by atoms with E-state index in [1.165, 1.54) is 33.0 Å². The van der Waals surface area contributed by atoms with Crippen molar-refractivity contribution in [1.82, 2.24) is 0 Å². The molecule has 130 valence electrons. The van der Waals surface area contributed by atoms with E-state index in [4.69, 9.17) is 9.31 Å². The molecule has 0 atom stereocenters. The molecular formula is C23H23BO2. The summed E-state index contributed by atoms with van der Waals surface area (Å²) in [6.45, 7) is 9.41. The van der Waals surface area contributed by atoms with Gasteiger partial charge >= 0.3 is 7.12 Å². The van der Waals surface area contributed by atoms with Crippen LogP contribution in [0.15, 0.2) is 54.6 Å². The van der Waals surface area contributed by atoms with Crippen LogP contribution in [-0.2, 0) is 14.7 Å². The number of hydrogen-bond donors (Lipinski definition) is 0. The lowest BCUT2D eigenvalue weighted by Crippen LogP contribution is -2.35. The fourth-order valence-electron chi connectivity index (χ4n) is 4.47. The first-order valence-corrected chi connectivity index (χ1v) is 9.33. The van der Waals surface area contributed by atoms with Gasteiger partial charge in [0.1, 0.15) is 0 Å². The van der Waals surface area contributed by atoms with E-state index in [0.29, 0.717) is 6.61 Å². The molecule has 1 saturated heterocycles. The summed E-state index contributed by atoms with van der Waals surface area (Å²) in [6.07, 6.45) is 0. The second-order valence-electron chi connectivity index (χ2n) is 8.66. The summed E-state index contributed by atoms with van der Waals surface area (Å²) < 4.78 is 12.0. The van der Waals surface area contributed by atoms with E-state index < -0.39 is 0 Å². The van der Waals surface area contributed by atoms with Crippen LogP contribution in [0, 0.1) is 0 Å². The Hall–Kier alpha value is -2.10. The predicted molar refractivity (Wildman–Crippen MR) is 108 cm³/mol. The molecule has 1 aliphatic carbocycles. The maximum atomic E-state index is 6.09. The topological polar surface area (TPSA) is 18.5 Å². The highest BCUT2D eigenvalue weighted by Gasteiger charge is 2.41. The van der Waals surface area contributed by atoms with E-state index in [-0.39, 0.29) is 18.1 Å². The molecule has 0 bridgehead atoms. The molecule has 1 heterocycles. The van der Waals surface area contributed by atoms with Gasteiger partial charge < -0.3 is 9.31 Å². The van der Waals surface area contributed by atoms with Crippen LogP contribution in [0.25, 0.3) is 21.9 Å². The molecule has 2 nitrogen and oxygen atoms in total. The SMILES string of the molecule is CC1(C)COB(c2ccc3c(c2)C(C)(C)c2ccc4ccccc4c2-3)O1. The largest absolute Gasteiger partial charge is 0.494 e. The second-order valence-corrected chi connectivity index (χ2v) is 8.66. The molecular weight excluding hydrogens is 319 g/mol. The number of hydrogen-bond acceptors (Lipinski definition) is 2. The fourth-order valence-corrected chi connectivity index (χ4v) is 4.47. The first kappa shape index (κ1) is 16.1. The van der Waals surface area contributed by atoms with Crippen LogP contribution >= 0.6 is 0 Å². The Bertz CT molecular complexity index is 1040. The van der Waals surface area contributed by atoms with E-state index in [1.807, 2.05) is 0 Å². The van der Waals surface area contributed by atoms with Crippen LogP contribution in [0.2, 0.25) is 0 Å². The molecule has 26 heavy (non-hydrogen) atoms. The molecule has 5 rings (SSSR count). The van der Waals surface area contributed by atoms with Crippen LogP contribution in [-0.4, -0.2) is 19.3 Å². The van der Waals surface area contributed by atoms with Crippen molar-refractivity contribution < 1.29 is 9.31 Å². The van der Waals surface area contributed by atoms with Gasteiger partial charge in [0.25, 0.3) is 0 Å². The van der Waals surface area contributed by atoms with E-state index in [9.17, 15) is 0 Å². The molecule has 3 aromatic rings. The number of rotatable bonds is 1. The summed E-state index contributed by atoms with van der Waals surface area (Å²) in [5.74, 6) is 0. The standard InChI is InChI=1S/C23H23BO2/c1-22(2)14-25-24(26-22)16-10-11-18-20(13-16)23(3,4)19-12-9-15-7-5-6-8-17(15)21(18)19/h5-13H,14H2,1-4H3. The van der Waals surface area contributed by atoms with Crippen molar-refractivity contribution in [1.29, 1.82) is 0 Å². The monoisotopic (exact) mass is 342 g/mol. The zero-order chi connectivity index (χ0) is 18.1. The average molecular weight is 342 g/mol. The van der Waals surface area contributed by atoms with Crippen LogP contribution in [0.3, 0.4) is 0 Å². The molecule has 0 amide bonds. The first-order chi connectivity index (χ1) is 12.4. The molecule has 1 aliphatic heterocycles. The maximum Gasteiger partial charge on any atom is 0.494 e. The summed E-state index contributed by atoms with van der Waals surface area (Å²) in [5, 5.41) is 2.63. The third kappa shape index (κ3) is 2.20. The molecule has 0 radical (unpaired) electrons. The lowest BCUT2D eigenvalue weighted by molar-refractivity contribution is 0.137. The Morgan fingerprint density at radius 1 is 0.885 bits per heavy atom. The van der Waals surface area contributed by atoms with Crippen molar-refractivity contribution in [3.05, 3.63) is 65.7 Å². The Labute approximate surface area is 155 Å². The van der Waals surface area contributed by atoms with Crippen molar-refractivity contribution >= 4 is 23.4 Å². The van der Waals surface area contributed by atoms with Crippen LogP contribution < -0.4 is 5.46 Å². The highest BCUT2D eigenvalue weighted by Crippen LogP contribution is 2.50. The fraction of sp³-hybridized carbons (Fsp3) is 0.304. The van der Waals surface area contributed by atoms with Gasteiger partial charge in [0, 0.05) is 5.41 Å². The highest BCUT2D eigenvalue weighted by atomic mass is 16.7. The lowest BCUT2D eigenvalue weighted by Gasteiger charge is -2.22. The molecule has 0 saturated carbocycles. The third-order valence-corrected chi connectivity index (χ3v) is 5.87. The van der Waals surface area contributed by atoms with Gasteiger partial charge in [0.15, 0.2) is 0 Å². The van der Waals surface area contributed by atoms with Gasteiger partial charge in [-0.25, -0.2) is 0 Å². The lowest BCUT2D eigenvalue weighted by atomic mass is 9.74. The van der Waals surface area contributed by atoms with Crippen LogP contribution in [0.5, 0.6) is 0 Å². The minimum Gasteiger partial charge on any atom is -0.404 e. The Morgan fingerprint density at radius 3 is 2.46 bits per heavy atom.